The number of hydrogen-bond acceptors (Lipinski definition) is 1. The van der Waals surface area contributed by atoms with E-state index in [0.29, 0.717) is 5.41 Å². The van der Waals surface area contributed by atoms with E-state index in [1.807, 2.05) is 0 Å². The molecule has 0 bridgehead atoms. The molecule has 0 aromatic carbocycles. The number of nitrogens with two attached hydrogens (primary N) is 1. The summed E-state index contributed by atoms with van der Waals surface area (Å²) in [6, 6.07) is 0. The second kappa shape index (κ2) is 6.64. The van der Waals surface area contributed by atoms with E-state index in [2.05, 4.69) is 74.5 Å². The lowest BCUT2D eigenvalue weighted by Crippen LogP contribution is -2.29. The van der Waals surface area contributed by atoms with Gasteiger partial charge in [0.15, 0.2) is 0 Å². The highest BCUT2D eigenvalue weighted by molar-refractivity contribution is 5.04. The Morgan fingerprint density at radius 2 is 1.05 bits per heavy atom. The zero-order valence-electron chi connectivity index (χ0n) is 15.6. The van der Waals surface area contributed by atoms with Gasteiger partial charge in [-0.3, -0.25) is 0 Å². The van der Waals surface area contributed by atoms with Crippen LogP contribution < -0.4 is 5.73 Å². The minimum atomic E-state index is 0.205. The van der Waals surface area contributed by atoms with Gasteiger partial charge in [0.2, 0.25) is 0 Å². The third-order valence-electron chi connectivity index (χ3n) is 4.36. The second-order valence-corrected chi connectivity index (χ2v) is 9.55. The highest BCUT2D eigenvalue weighted by atomic mass is 14.6. The fraction of sp³-hybridized carbons (Fsp3) is 0.895. The molecule has 0 aliphatic heterocycles. The van der Waals surface area contributed by atoms with Crippen LogP contribution in [-0.2, 0) is 0 Å². The Kier molecular flexibility index (Phi) is 6.54. The Bertz CT molecular complexity index is 287. The summed E-state index contributed by atoms with van der Waals surface area (Å²) in [4.78, 5) is 0. The monoisotopic (exact) mass is 281 g/mol. The van der Waals surface area contributed by atoms with Crippen molar-refractivity contribution in [2.45, 2.75) is 81.6 Å². The van der Waals surface area contributed by atoms with Crippen molar-refractivity contribution in [2.24, 2.45) is 27.4 Å². The van der Waals surface area contributed by atoms with Crippen LogP contribution in [0.3, 0.4) is 0 Å². The highest BCUT2D eigenvalue weighted by Crippen LogP contribution is 2.39. The van der Waals surface area contributed by atoms with Crippen LogP contribution in [-0.4, -0.2) is 6.54 Å². The Morgan fingerprint density at radius 3 is 1.35 bits per heavy atom. The van der Waals surface area contributed by atoms with Gasteiger partial charge in [0.25, 0.3) is 0 Å². The van der Waals surface area contributed by atoms with Crippen molar-refractivity contribution in [1.29, 1.82) is 0 Å². The topological polar surface area (TPSA) is 26.0 Å². The summed E-state index contributed by atoms with van der Waals surface area (Å²) in [6.45, 7) is 21.6. The molecule has 0 aromatic heterocycles. The lowest BCUT2D eigenvalue weighted by molar-refractivity contribution is 0.222. The minimum Gasteiger partial charge on any atom is -0.330 e. The van der Waals surface area contributed by atoms with Gasteiger partial charge in [-0.05, 0) is 41.0 Å². The van der Waals surface area contributed by atoms with Gasteiger partial charge in [-0.25, -0.2) is 0 Å². The highest BCUT2D eigenvalue weighted by Gasteiger charge is 2.29. The third kappa shape index (κ3) is 8.09. The lowest BCUT2D eigenvalue weighted by atomic mass is 9.71. The predicted molar refractivity (Wildman–Crippen MR) is 92.8 cm³/mol. The average Bonchev–Trinajstić information content (AvgIpc) is 2.24. The zero-order valence-corrected chi connectivity index (χ0v) is 15.6. The molecule has 0 aliphatic carbocycles. The molecule has 1 nitrogen and oxygen atoms in total. The Hall–Kier alpha value is -0.300. The molecule has 20 heavy (non-hydrogen) atoms. The second-order valence-electron chi connectivity index (χ2n) is 9.55. The lowest BCUT2D eigenvalue weighted by Gasteiger charge is -2.35. The molecule has 0 aromatic rings. The SMILES string of the molecule is CCC(C)(C)CC(C)(C)C=CC(C)(C)CC(C)(C)CN. The molecule has 0 saturated carbocycles. The van der Waals surface area contributed by atoms with E-state index < -0.39 is 0 Å². The summed E-state index contributed by atoms with van der Waals surface area (Å²) in [6.07, 6.45) is 8.42. The van der Waals surface area contributed by atoms with E-state index in [0.717, 1.165) is 13.0 Å². The third-order valence-corrected chi connectivity index (χ3v) is 4.36. The zero-order chi connectivity index (χ0) is 16.2. The van der Waals surface area contributed by atoms with Crippen LogP contribution in [0.15, 0.2) is 12.2 Å². The van der Waals surface area contributed by atoms with Gasteiger partial charge in [0.1, 0.15) is 0 Å². The summed E-state index contributed by atoms with van der Waals surface area (Å²) in [5.74, 6) is 0. The van der Waals surface area contributed by atoms with Crippen LogP contribution in [0, 0.1) is 21.7 Å². The molecular weight excluding hydrogens is 242 g/mol. The van der Waals surface area contributed by atoms with Crippen LogP contribution in [0.4, 0.5) is 0 Å². The fourth-order valence-electron chi connectivity index (χ4n) is 3.23. The van der Waals surface area contributed by atoms with Crippen molar-refractivity contribution in [3.63, 3.8) is 0 Å². The van der Waals surface area contributed by atoms with Crippen molar-refractivity contribution in [2.75, 3.05) is 6.54 Å². The molecule has 1 heteroatoms. The van der Waals surface area contributed by atoms with Gasteiger partial charge in [0.05, 0.1) is 0 Å². The first-order valence-electron chi connectivity index (χ1n) is 8.15. The van der Waals surface area contributed by atoms with Gasteiger partial charge < -0.3 is 5.73 Å². The summed E-state index contributed by atoms with van der Waals surface area (Å²) in [5.41, 5.74) is 6.95. The molecule has 0 radical (unpaired) electrons. The van der Waals surface area contributed by atoms with Crippen molar-refractivity contribution < 1.29 is 0 Å². The molecule has 0 atom stereocenters. The molecule has 0 fully saturated rings. The average molecular weight is 282 g/mol. The maximum absolute atomic E-state index is 5.87. The van der Waals surface area contributed by atoms with Gasteiger partial charge in [0, 0.05) is 0 Å². The predicted octanol–water partition coefficient (Wildman–Crippen LogP) is 5.80. The van der Waals surface area contributed by atoms with E-state index in [1.54, 1.807) is 0 Å². The first kappa shape index (κ1) is 19.7. The summed E-state index contributed by atoms with van der Waals surface area (Å²) in [5, 5.41) is 0. The molecule has 0 rings (SSSR count). The molecule has 0 spiro atoms. The number of rotatable bonds is 8. The van der Waals surface area contributed by atoms with E-state index in [-0.39, 0.29) is 16.2 Å². The van der Waals surface area contributed by atoms with Crippen molar-refractivity contribution in [3.8, 4) is 0 Å². The van der Waals surface area contributed by atoms with Gasteiger partial charge in [-0.15, -0.1) is 0 Å². The fourth-order valence-corrected chi connectivity index (χ4v) is 3.23. The minimum absolute atomic E-state index is 0.205. The molecule has 0 heterocycles. The van der Waals surface area contributed by atoms with Gasteiger partial charge in [-0.2, -0.15) is 0 Å². The van der Waals surface area contributed by atoms with E-state index >= 15 is 0 Å². The molecule has 0 aliphatic rings. The van der Waals surface area contributed by atoms with Crippen LogP contribution in [0.25, 0.3) is 0 Å². The van der Waals surface area contributed by atoms with E-state index in [1.165, 1.54) is 12.8 Å². The van der Waals surface area contributed by atoms with Gasteiger partial charge >= 0.3 is 0 Å². The molecule has 2 N–H and O–H groups in total. The Balaban J connectivity index is 4.82. The smallest absolute Gasteiger partial charge is 0.00255 e. The van der Waals surface area contributed by atoms with Crippen molar-refractivity contribution in [1.82, 2.24) is 0 Å². The molecular formula is C19H39N. The number of hydrogen-bond donors (Lipinski definition) is 1. The molecule has 120 valence electrons. The van der Waals surface area contributed by atoms with Crippen LogP contribution >= 0.6 is 0 Å². The Labute approximate surface area is 128 Å². The summed E-state index contributed by atoms with van der Waals surface area (Å²) in [7, 11) is 0. The molecule has 0 amide bonds. The quantitative estimate of drug-likeness (QED) is 0.559. The first-order chi connectivity index (χ1) is 8.74. The van der Waals surface area contributed by atoms with E-state index in [4.69, 9.17) is 5.73 Å². The van der Waals surface area contributed by atoms with Crippen LogP contribution in [0.2, 0.25) is 0 Å². The van der Waals surface area contributed by atoms with E-state index in [9.17, 15) is 0 Å². The standard InChI is InChI=1S/C19H39N/c1-10-16(2,3)13-17(4,5)11-12-18(6,7)14-19(8,9)15-20/h11-12H,10,13-15,20H2,1-9H3. The maximum atomic E-state index is 5.87. The summed E-state index contributed by atoms with van der Waals surface area (Å²) >= 11 is 0. The Morgan fingerprint density at radius 1 is 0.700 bits per heavy atom. The largest absolute Gasteiger partial charge is 0.330 e. The van der Waals surface area contributed by atoms with Crippen LogP contribution in [0.1, 0.15) is 81.6 Å². The number of allylic oxidation sites excluding steroid dienone is 2. The summed E-state index contributed by atoms with van der Waals surface area (Å²) < 4.78 is 0. The normalized spacial score (nSPS) is 15.1. The first-order valence-corrected chi connectivity index (χ1v) is 8.15. The van der Waals surface area contributed by atoms with Gasteiger partial charge in [-0.1, -0.05) is 80.9 Å². The molecule has 0 saturated heterocycles. The van der Waals surface area contributed by atoms with Crippen molar-refractivity contribution >= 4 is 0 Å². The molecule has 0 unspecified atom stereocenters. The maximum Gasteiger partial charge on any atom is -0.00255 e. The van der Waals surface area contributed by atoms with Crippen LogP contribution in [0.5, 0.6) is 0 Å². The van der Waals surface area contributed by atoms with Crippen molar-refractivity contribution in [3.05, 3.63) is 12.2 Å².